The number of allylic oxidation sites excluding steroid dienone is 1. The first-order valence-corrected chi connectivity index (χ1v) is 15.6. The van der Waals surface area contributed by atoms with Crippen LogP contribution in [0.4, 0.5) is 11.8 Å². The number of aliphatic imine (C=N–C) groups is 2. The van der Waals surface area contributed by atoms with Gasteiger partial charge in [-0.1, -0.05) is 20.8 Å². The van der Waals surface area contributed by atoms with E-state index in [1.54, 1.807) is 18.0 Å². The second-order valence-electron chi connectivity index (χ2n) is 10.2. The first kappa shape index (κ1) is 33.8. The number of rotatable bonds is 11. The Morgan fingerprint density at radius 1 is 1.20 bits per heavy atom. The summed E-state index contributed by atoms with van der Waals surface area (Å²) in [6.07, 6.45) is 6.06. The van der Waals surface area contributed by atoms with Crippen molar-refractivity contribution in [2.24, 2.45) is 21.8 Å². The molecule has 4 N–H and O–H groups in total. The topological polar surface area (TPSA) is 124 Å². The van der Waals surface area contributed by atoms with E-state index in [2.05, 4.69) is 29.1 Å². The molecule has 3 aliphatic rings. The van der Waals surface area contributed by atoms with Gasteiger partial charge in [-0.25, -0.2) is 15.0 Å². The van der Waals surface area contributed by atoms with Gasteiger partial charge in [0.05, 0.1) is 24.0 Å². The number of nitrogens with zero attached hydrogens (tertiary/aromatic N) is 4. The molecule has 0 bridgehead atoms. The van der Waals surface area contributed by atoms with Gasteiger partial charge in [0.25, 0.3) is 0 Å². The standard InChI is InChI=1S/C21H31N5O2S.C7H13NO.C2H6/c1-11-10-29-20(23-12(11)2)18-13(3)24-21(22-8-14-4-5-14)26-19(18)25-16-6-15(9-27)17(28)7-16;1-4-6-9-7(3)8-5-2;1-2/h14-17,27-28H,4-10H2,1-3H3,(H2,22,24,25,26);5H,3-4,6H2,1-2H3;1-2H3/b;8-5+;/t15?,16?,17-;;/m0../s1. The number of hydrogen-bond acceptors (Lipinski definition) is 10. The van der Waals surface area contributed by atoms with Gasteiger partial charge in [0.1, 0.15) is 10.9 Å². The van der Waals surface area contributed by atoms with E-state index in [0.29, 0.717) is 24.9 Å². The van der Waals surface area contributed by atoms with Crippen LogP contribution in [-0.4, -0.2) is 69.1 Å². The van der Waals surface area contributed by atoms with Crippen molar-refractivity contribution in [1.29, 1.82) is 0 Å². The van der Waals surface area contributed by atoms with E-state index < -0.39 is 6.10 Å². The van der Waals surface area contributed by atoms with E-state index in [1.165, 1.54) is 18.4 Å². The first-order valence-electron chi connectivity index (χ1n) is 14.6. The van der Waals surface area contributed by atoms with Gasteiger partial charge in [-0.2, -0.15) is 4.98 Å². The lowest BCUT2D eigenvalue weighted by Gasteiger charge is -2.21. The zero-order valence-corrected chi connectivity index (χ0v) is 26.3. The van der Waals surface area contributed by atoms with Gasteiger partial charge >= 0.3 is 0 Å². The van der Waals surface area contributed by atoms with Gasteiger partial charge in [0.15, 0.2) is 0 Å². The lowest BCUT2D eigenvalue weighted by molar-refractivity contribution is 0.0908. The van der Waals surface area contributed by atoms with Crippen molar-refractivity contribution < 1.29 is 14.9 Å². The molecule has 10 heteroatoms. The Morgan fingerprint density at radius 2 is 1.93 bits per heavy atom. The van der Waals surface area contributed by atoms with Crippen LogP contribution < -0.4 is 10.6 Å². The molecular formula is C30H50N6O3S. The lowest BCUT2D eigenvalue weighted by Crippen LogP contribution is -2.22. The number of aliphatic hydroxyl groups excluding tert-OH is 2. The van der Waals surface area contributed by atoms with E-state index in [9.17, 15) is 10.2 Å². The van der Waals surface area contributed by atoms with E-state index in [4.69, 9.17) is 19.7 Å². The van der Waals surface area contributed by atoms with Crippen LogP contribution in [0.15, 0.2) is 33.7 Å². The maximum Gasteiger partial charge on any atom is 0.224 e. The van der Waals surface area contributed by atoms with Crippen LogP contribution in [0.2, 0.25) is 0 Å². The van der Waals surface area contributed by atoms with E-state index in [0.717, 1.165) is 58.9 Å². The zero-order chi connectivity index (χ0) is 29.7. The van der Waals surface area contributed by atoms with Crippen LogP contribution in [0.5, 0.6) is 0 Å². The maximum atomic E-state index is 10.2. The van der Waals surface area contributed by atoms with E-state index >= 15 is 0 Å². The number of anilines is 2. The summed E-state index contributed by atoms with van der Waals surface area (Å²) in [6, 6.07) is 0.0686. The summed E-state index contributed by atoms with van der Waals surface area (Å²) >= 11 is 1.72. The van der Waals surface area contributed by atoms with Crippen LogP contribution in [0.3, 0.4) is 0 Å². The predicted molar refractivity (Wildman–Crippen MR) is 169 cm³/mol. The third kappa shape index (κ3) is 10.5. The molecule has 0 aromatic carbocycles. The number of thioether (sulfide) groups is 1. The van der Waals surface area contributed by atoms with Crippen LogP contribution in [-0.2, 0) is 4.74 Å². The molecule has 4 rings (SSSR count). The number of aryl methyl sites for hydroxylation is 1. The molecule has 0 radical (unpaired) electrons. The Bertz CT molecular complexity index is 1050. The van der Waals surface area contributed by atoms with Gasteiger partial charge < -0.3 is 25.6 Å². The van der Waals surface area contributed by atoms with Crippen molar-refractivity contribution in [1.82, 2.24) is 9.97 Å². The van der Waals surface area contributed by atoms with Crippen LogP contribution in [0.25, 0.3) is 0 Å². The minimum Gasteiger partial charge on any atom is -0.478 e. The molecule has 0 amide bonds. The molecule has 2 aliphatic carbocycles. The Labute approximate surface area is 245 Å². The highest BCUT2D eigenvalue weighted by Crippen LogP contribution is 2.34. The average Bonchev–Trinajstić information content (AvgIpc) is 3.70. The summed E-state index contributed by atoms with van der Waals surface area (Å²) in [5.41, 5.74) is 4.19. The van der Waals surface area contributed by atoms with E-state index in [-0.39, 0.29) is 18.6 Å². The highest BCUT2D eigenvalue weighted by molar-refractivity contribution is 8.14. The summed E-state index contributed by atoms with van der Waals surface area (Å²) in [6.45, 7) is 19.2. The van der Waals surface area contributed by atoms with Crippen LogP contribution in [0, 0.1) is 18.8 Å². The van der Waals surface area contributed by atoms with Crippen molar-refractivity contribution in [2.75, 3.05) is 36.1 Å². The van der Waals surface area contributed by atoms with Gasteiger partial charge in [0.2, 0.25) is 11.8 Å². The molecule has 1 aromatic heterocycles. The smallest absolute Gasteiger partial charge is 0.224 e. The van der Waals surface area contributed by atoms with Crippen molar-refractivity contribution in [3.63, 3.8) is 0 Å². The Morgan fingerprint density at radius 3 is 2.50 bits per heavy atom. The molecule has 40 heavy (non-hydrogen) atoms. The summed E-state index contributed by atoms with van der Waals surface area (Å²) in [7, 11) is 0. The number of nitrogens with one attached hydrogen (secondary N) is 2. The van der Waals surface area contributed by atoms with Crippen molar-refractivity contribution in [3.8, 4) is 0 Å². The van der Waals surface area contributed by atoms with E-state index in [1.807, 2.05) is 41.5 Å². The molecule has 1 aromatic rings. The minimum atomic E-state index is -0.481. The Kier molecular flexibility index (Phi) is 14.7. The minimum absolute atomic E-state index is 0.00895. The molecule has 1 aliphatic heterocycles. The summed E-state index contributed by atoms with van der Waals surface area (Å²) in [5, 5.41) is 27.6. The van der Waals surface area contributed by atoms with Crippen LogP contribution >= 0.6 is 11.8 Å². The largest absolute Gasteiger partial charge is 0.478 e. The van der Waals surface area contributed by atoms with Gasteiger partial charge in [-0.05, 0) is 77.9 Å². The third-order valence-electron chi connectivity index (χ3n) is 6.84. The SMILES string of the molecule is C=C(/N=C/C)OCCC.CC.CC1=C(C)N=C(c2c(C)nc(NCC3CC3)nc2NC2CC(CO)[C@@H](O)C2)SC1. The second-order valence-corrected chi connectivity index (χ2v) is 11.2. The molecule has 2 fully saturated rings. The normalized spacial score (nSPS) is 22.1. The molecule has 2 unspecified atom stereocenters. The molecular weight excluding hydrogens is 524 g/mol. The highest BCUT2D eigenvalue weighted by atomic mass is 32.2. The first-order chi connectivity index (χ1) is 19.2. The fraction of sp³-hybridized carbons (Fsp3) is 0.667. The fourth-order valence-electron chi connectivity index (χ4n) is 4.27. The van der Waals surface area contributed by atoms with Gasteiger partial charge in [-0.3, -0.25) is 0 Å². The Hall–Kier alpha value is -2.43. The summed E-state index contributed by atoms with van der Waals surface area (Å²) < 4.78 is 5.04. The lowest BCUT2D eigenvalue weighted by atomic mass is 10.1. The van der Waals surface area contributed by atoms with Gasteiger partial charge in [-0.15, -0.1) is 11.8 Å². The number of aliphatic hydroxyl groups is 2. The molecule has 224 valence electrons. The molecule has 3 atom stereocenters. The second kappa shape index (κ2) is 17.4. The van der Waals surface area contributed by atoms with Gasteiger partial charge in [0, 0.05) is 42.8 Å². The van der Waals surface area contributed by atoms with Crippen molar-refractivity contribution >= 4 is 34.8 Å². The molecule has 2 heterocycles. The predicted octanol–water partition coefficient (Wildman–Crippen LogP) is 5.94. The highest BCUT2D eigenvalue weighted by Gasteiger charge is 2.34. The van der Waals surface area contributed by atoms with Crippen LogP contribution in [0.1, 0.15) is 84.9 Å². The number of hydrogen-bond donors (Lipinski definition) is 4. The molecule has 0 saturated heterocycles. The molecule has 9 nitrogen and oxygen atoms in total. The summed E-state index contributed by atoms with van der Waals surface area (Å²) in [4.78, 5) is 18.2. The monoisotopic (exact) mass is 574 g/mol. The van der Waals surface area contributed by atoms with Crippen molar-refractivity contribution in [2.45, 2.75) is 92.7 Å². The number of aromatic nitrogens is 2. The maximum absolute atomic E-state index is 10.2. The zero-order valence-electron chi connectivity index (χ0n) is 25.5. The third-order valence-corrected chi connectivity index (χ3v) is 7.99. The molecule has 0 spiro atoms. The number of ether oxygens (including phenoxy) is 1. The fourth-order valence-corrected chi connectivity index (χ4v) is 5.42. The Balaban J connectivity index is 0.000000436. The van der Waals surface area contributed by atoms with Crippen molar-refractivity contribution in [3.05, 3.63) is 35.0 Å². The quantitative estimate of drug-likeness (QED) is 0.189. The summed E-state index contributed by atoms with van der Waals surface area (Å²) in [5.74, 6) is 3.48. The molecule has 2 saturated carbocycles. The average molecular weight is 575 g/mol.